The van der Waals surface area contributed by atoms with Gasteiger partial charge in [-0.05, 0) is 101 Å². The molecule has 0 spiro atoms. The molecule has 44 heavy (non-hydrogen) atoms. The fourth-order valence-electron chi connectivity index (χ4n) is 5.11. The second kappa shape index (κ2) is 13.2. The van der Waals surface area contributed by atoms with Crippen molar-refractivity contribution >= 4 is 12.1 Å². The molecule has 10 nitrogen and oxygen atoms in total. The predicted molar refractivity (Wildman–Crippen MR) is 162 cm³/mol. The number of piperidine rings is 1. The molecule has 3 heterocycles. The first-order chi connectivity index (χ1) is 21.1. The second-order valence-corrected chi connectivity index (χ2v) is 11.8. The van der Waals surface area contributed by atoms with Crippen molar-refractivity contribution in [2.75, 3.05) is 6.54 Å². The van der Waals surface area contributed by atoms with Gasteiger partial charge in [-0.1, -0.05) is 12.1 Å². The number of hydrogen-bond donors (Lipinski definition) is 2. The number of carboxylic acid groups (broad SMARTS) is 1. The Morgan fingerprint density at radius 2 is 1.80 bits per heavy atom. The van der Waals surface area contributed by atoms with Crippen LogP contribution < -0.4 is 4.74 Å². The minimum atomic E-state index is -0.812. The highest BCUT2D eigenvalue weighted by atomic mass is 19.1. The van der Waals surface area contributed by atoms with Gasteiger partial charge in [0, 0.05) is 24.7 Å². The zero-order valence-electron chi connectivity index (χ0n) is 25.0. The number of carbonyl (C=O) groups is 2. The topological polar surface area (TPSA) is 131 Å². The third kappa shape index (κ3) is 7.77. The van der Waals surface area contributed by atoms with E-state index < -0.39 is 17.7 Å². The third-order valence-corrected chi connectivity index (χ3v) is 7.16. The molecule has 1 unspecified atom stereocenters. The van der Waals surface area contributed by atoms with Crippen molar-refractivity contribution < 1.29 is 28.6 Å². The summed E-state index contributed by atoms with van der Waals surface area (Å²) in [6.07, 6.45) is 5.01. The van der Waals surface area contributed by atoms with E-state index in [0.717, 1.165) is 18.4 Å². The van der Waals surface area contributed by atoms with Crippen LogP contribution in [0.25, 0.3) is 22.6 Å². The largest absolute Gasteiger partial charge is 0.481 e. The van der Waals surface area contributed by atoms with E-state index in [4.69, 9.17) is 19.6 Å². The fraction of sp³-hybridized carbons (Fsp3) is 0.364. The Hall–Kier alpha value is -4.80. The molecule has 0 saturated carbocycles. The molecule has 0 aliphatic carbocycles. The summed E-state index contributed by atoms with van der Waals surface area (Å²) in [4.78, 5) is 42.9. The number of nitrogens with zero attached hydrogens (tertiary/aromatic N) is 4. The number of benzene rings is 2. The average Bonchev–Trinajstić information content (AvgIpc) is 3.43. The number of aromatic nitrogens is 4. The van der Waals surface area contributed by atoms with E-state index in [1.165, 1.54) is 12.1 Å². The summed E-state index contributed by atoms with van der Waals surface area (Å²) in [7, 11) is 0. The van der Waals surface area contributed by atoms with Crippen LogP contribution in [0.2, 0.25) is 0 Å². The van der Waals surface area contributed by atoms with Gasteiger partial charge < -0.3 is 19.6 Å². The zero-order valence-corrected chi connectivity index (χ0v) is 25.0. The van der Waals surface area contributed by atoms with E-state index in [-0.39, 0.29) is 24.3 Å². The van der Waals surface area contributed by atoms with Gasteiger partial charge in [0.2, 0.25) is 0 Å². The molecule has 1 saturated heterocycles. The molecule has 1 aliphatic rings. The minimum absolute atomic E-state index is 0.119. The van der Waals surface area contributed by atoms with E-state index in [0.29, 0.717) is 60.0 Å². The number of hydrogen-bond acceptors (Lipinski definition) is 7. The number of carboxylic acids is 1. The highest BCUT2D eigenvalue weighted by Gasteiger charge is 2.34. The number of aryl methyl sites for hydroxylation is 1. The van der Waals surface area contributed by atoms with E-state index in [1.807, 2.05) is 32.9 Å². The number of aliphatic carboxylic acids is 1. The summed E-state index contributed by atoms with van der Waals surface area (Å²) in [6, 6.07) is 14.9. The highest BCUT2D eigenvalue weighted by molar-refractivity contribution is 5.77. The SMILES string of the molecule is CC(C)(C)OC(=O)N1CCCCC1c1nc(-c2ccc(F)cc2)c(-c2ccnc(Oc3ccc(CCCC(=O)O)cc3)n2)[nH]1. The Morgan fingerprint density at radius 3 is 2.50 bits per heavy atom. The number of imidazole rings is 1. The maximum absolute atomic E-state index is 13.8. The molecule has 5 rings (SSSR count). The van der Waals surface area contributed by atoms with Gasteiger partial charge in [0.25, 0.3) is 0 Å². The van der Waals surface area contributed by atoms with Crippen LogP contribution in [-0.2, 0) is 16.0 Å². The molecule has 2 N–H and O–H groups in total. The normalized spacial score (nSPS) is 15.2. The van der Waals surface area contributed by atoms with Crippen molar-refractivity contribution in [1.29, 1.82) is 0 Å². The molecule has 1 aliphatic heterocycles. The molecule has 0 bridgehead atoms. The first-order valence-corrected chi connectivity index (χ1v) is 14.7. The molecule has 1 amide bonds. The number of ether oxygens (including phenoxy) is 2. The Balaban J connectivity index is 1.44. The van der Waals surface area contributed by atoms with Crippen LogP contribution in [0.5, 0.6) is 11.8 Å². The van der Waals surface area contributed by atoms with Gasteiger partial charge in [0.15, 0.2) is 0 Å². The maximum atomic E-state index is 13.8. The number of likely N-dealkylation sites (tertiary alicyclic amines) is 1. The summed E-state index contributed by atoms with van der Waals surface area (Å²) < 4.78 is 25.5. The van der Waals surface area contributed by atoms with Crippen molar-refractivity contribution in [3.8, 4) is 34.4 Å². The molecule has 0 radical (unpaired) electrons. The molecular weight excluding hydrogens is 565 g/mol. The fourth-order valence-corrected chi connectivity index (χ4v) is 5.11. The van der Waals surface area contributed by atoms with E-state index >= 15 is 0 Å². The van der Waals surface area contributed by atoms with Gasteiger partial charge in [-0.15, -0.1) is 0 Å². The molecule has 2 aromatic carbocycles. The van der Waals surface area contributed by atoms with Gasteiger partial charge in [-0.3, -0.25) is 9.69 Å². The lowest BCUT2D eigenvalue weighted by atomic mass is 10.0. The summed E-state index contributed by atoms with van der Waals surface area (Å²) in [5, 5.41) is 8.86. The van der Waals surface area contributed by atoms with Crippen LogP contribution in [0, 0.1) is 5.82 Å². The van der Waals surface area contributed by atoms with Gasteiger partial charge >= 0.3 is 18.1 Å². The van der Waals surface area contributed by atoms with Crippen LogP contribution in [0.4, 0.5) is 9.18 Å². The quantitative estimate of drug-likeness (QED) is 0.204. The minimum Gasteiger partial charge on any atom is -0.481 e. The summed E-state index contributed by atoms with van der Waals surface area (Å²) in [5.74, 6) is -0.0546. The molecule has 1 fully saturated rings. The summed E-state index contributed by atoms with van der Waals surface area (Å²) >= 11 is 0. The smallest absolute Gasteiger partial charge is 0.410 e. The van der Waals surface area contributed by atoms with Crippen molar-refractivity contribution in [1.82, 2.24) is 24.8 Å². The highest BCUT2D eigenvalue weighted by Crippen LogP contribution is 2.36. The molecule has 4 aromatic rings. The molecule has 11 heteroatoms. The van der Waals surface area contributed by atoms with Crippen molar-refractivity contribution in [3.63, 3.8) is 0 Å². The lowest BCUT2D eigenvalue weighted by Crippen LogP contribution is -2.42. The average molecular weight is 602 g/mol. The lowest BCUT2D eigenvalue weighted by molar-refractivity contribution is -0.137. The number of amides is 1. The van der Waals surface area contributed by atoms with Crippen LogP contribution >= 0.6 is 0 Å². The standard InChI is InChI=1S/C33H36FN5O5/c1-33(2,3)44-32(42)39-20-5-4-8-26(39)30-37-28(22-12-14-23(34)15-13-22)29(38-30)25-18-19-35-31(36-25)43-24-16-10-21(11-17-24)7-6-9-27(40)41/h10-19,26H,4-9,20H2,1-3H3,(H,37,38)(H,40,41). The van der Waals surface area contributed by atoms with E-state index in [9.17, 15) is 14.0 Å². The first-order valence-electron chi connectivity index (χ1n) is 14.7. The van der Waals surface area contributed by atoms with Crippen LogP contribution in [0.1, 0.15) is 70.3 Å². The predicted octanol–water partition coefficient (Wildman–Crippen LogP) is 7.33. The Kier molecular flexibility index (Phi) is 9.22. The Morgan fingerprint density at radius 1 is 1.05 bits per heavy atom. The number of H-pyrrole nitrogens is 1. The molecular formula is C33H36FN5O5. The van der Waals surface area contributed by atoms with E-state index in [2.05, 4.69) is 15.0 Å². The number of halogens is 1. The van der Waals surface area contributed by atoms with Gasteiger partial charge in [-0.2, -0.15) is 4.98 Å². The Bertz CT molecular complexity index is 1600. The molecule has 1 atom stereocenters. The zero-order chi connectivity index (χ0) is 31.3. The molecule has 2 aromatic heterocycles. The molecule has 230 valence electrons. The first kappa shape index (κ1) is 30.7. The van der Waals surface area contributed by atoms with Gasteiger partial charge in [0.1, 0.15) is 23.0 Å². The van der Waals surface area contributed by atoms with Crippen molar-refractivity contribution in [3.05, 3.63) is 78.0 Å². The third-order valence-electron chi connectivity index (χ3n) is 7.16. The van der Waals surface area contributed by atoms with Gasteiger partial charge in [-0.25, -0.2) is 19.2 Å². The second-order valence-electron chi connectivity index (χ2n) is 11.8. The number of aromatic amines is 1. The van der Waals surface area contributed by atoms with Crippen LogP contribution in [-0.4, -0.2) is 54.2 Å². The number of rotatable bonds is 9. The maximum Gasteiger partial charge on any atom is 0.410 e. The van der Waals surface area contributed by atoms with Crippen molar-refractivity contribution in [2.45, 2.75) is 70.9 Å². The monoisotopic (exact) mass is 601 g/mol. The van der Waals surface area contributed by atoms with Crippen LogP contribution in [0.15, 0.2) is 60.8 Å². The van der Waals surface area contributed by atoms with Gasteiger partial charge in [0.05, 0.1) is 23.1 Å². The number of carbonyl (C=O) groups excluding carboxylic acids is 1. The van der Waals surface area contributed by atoms with Crippen molar-refractivity contribution in [2.24, 2.45) is 0 Å². The Labute approximate surface area is 255 Å². The number of nitrogens with one attached hydrogen (secondary N) is 1. The van der Waals surface area contributed by atoms with E-state index in [1.54, 1.807) is 41.4 Å². The summed E-state index contributed by atoms with van der Waals surface area (Å²) in [6.45, 7) is 6.07. The summed E-state index contributed by atoms with van der Waals surface area (Å²) in [5.41, 5.74) is 2.71. The lowest BCUT2D eigenvalue weighted by Gasteiger charge is -2.35. The van der Waals surface area contributed by atoms with Crippen LogP contribution in [0.3, 0.4) is 0 Å².